The summed E-state index contributed by atoms with van der Waals surface area (Å²) in [5.41, 5.74) is 3.25. The predicted octanol–water partition coefficient (Wildman–Crippen LogP) is 0.104. The molecule has 0 bridgehead atoms. The minimum atomic E-state index is 0.103. The van der Waals surface area contributed by atoms with Crippen LogP contribution in [0.3, 0.4) is 0 Å². The quantitative estimate of drug-likeness (QED) is 0.649. The van der Waals surface area contributed by atoms with Crippen LogP contribution in [0.25, 0.3) is 0 Å². The molecule has 3 rings (SSSR count). The summed E-state index contributed by atoms with van der Waals surface area (Å²) in [6.07, 6.45) is 0. The first-order valence-electron chi connectivity index (χ1n) is 9.81. The molecule has 0 radical (unpaired) electrons. The van der Waals surface area contributed by atoms with Crippen molar-refractivity contribution in [1.82, 2.24) is 0 Å². The van der Waals surface area contributed by atoms with Crippen LogP contribution in [0, 0.1) is 13.8 Å². The van der Waals surface area contributed by atoms with Crippen molar-refractivity contribution in [2.45, 2.75) is 13.8 Å². The lowest BCUT2D eigenvalue weighted by Crippen LogP contribution is -3.28. The zero-order valence-corrected chi connectivity index (χ0v) is 16.4. The Labute approximate surface area is 161 Å². The van der Waals surface area contributed by atoms with Crippen LogP contribution < -0.4 is 19.9 Å². The Balaban J connectivity index is 1.35. The molecule has 2 aromatic rings. The molecule has 0 aromatic heterocycles. The third kappa shape index (κ3) is 6.38. The van der Waals surface area contributed by atoms with Gasteiger partial charge in [0.15, 0.2) is 6.54 Å². The number of para-hydroxylation sites is 1. The molecule has 3 N–H and O–H groups in total. The van der Waals surface area contributed by atoms with E-state index in [1.807, 2.05) is 42.5 Å². The minimum Gasteiger partial charge on any atom is -0.488 e. The predicted molar refractivity (Wildman–Crippen MR) is 108 cm³/mol. The molecule has 0 spiro atoms. The number of carbonyl (C=O) groups is 1. The summed E-state index contributed by atoms with van der Waals surface area (Å²) < 4.78 is 5.79. The summed E-state index contributed by atoms with van der Waals surface area (Å²) >= 11 is 0. The van der Waals surface area contributed by atoms with Crippen LogP contribution in [0.2, 0.25) is 0 Å². The standard InChI is InChI=1S/C22H29N3O2/c1-18-14-19(2)16-20(15-18)23-22(26)17-25-10-8-24(9-11-25)12-13-27-21-6-4-3-5-7-21/h3-7,14-16H,8-13,17H2,1-2H3,(H,23,26)/p+2. The number of carbonyl (C=O) groups excluding carboxylic acids is 1. The van der Waals surface area contributed by atoms with E-state index in [0.29, 0.717) is 6.54 Å². The van der Waals surface area contributed by atoms with Crippen molar-refractivity contribution in [1.29, 1.82) is 0 Å². The maximum absolute atomic E-state index is 12.4. The Morgan fingerprint density at radius 1 is 0.963 bits per heavy atom. The Morgan fingerprint density at radius 2 is 1.59 bits per heavy atom. The number of hydrogen-bond donors (Lipinski definition) is 3. The van der Waals surface area contributed by atoms with E-state index in [2.05, 4.69) is 25.2 Å². The number of aryl methyl sites for hydroxylation is 2. The molecule has 1 amide bonds. The van der Waals surface area contributed by atoms with Crippen molar-refractivity contribution in [3.8, 4) is 5.75 Å². The van der Waals surface area contributed by atoms with Gasteiger partial charge >= 0.3 is 0 Å². The lowest BCUT2D eigenvalue weighted by Gasteiger charge is -2.29. The van der Waals surface area contributed by atoms with Crippen molar-refractivity contribution in [3.05, 3.63) is 59.7 Å². The molecular weight excluding hydrogens is 338 g/mol. The van der Waals surface area contributed by atoms with Gasteiger partial charge in [0.05, 0.1) is 0 Å². The fraction of sp³-hybridized carbons (Fsp3) is 0.409. The Morgan fingerprint density at radius 3 is 2.26 bits per heavy atom. The van der Waals surface area contributed by atoms with E-state index in [4.69, 9.17) is 4.74 Å². The van der Waals surface area contributed by atoms with Crippen LogP contribution >= 0.6 is 0 Å². The summed E-state index contributed by atoms with van der Waals surface area (Å²) in [7, 11) is 0. The van der Waals surface area contributed by atoms with Gasteiger partial charge in [0.2, 0.25) is 0 Å². The van der Waals surface area contributed by atoms with Crippen LogP contribution in [-0.2, 0) is 4.79 Å². The lowest BCUT2D eigenvalue weighted by atomic mass is 10.1. The van der Waals surface area contributed by atoms with E-state index in [1.165, 1.54) is 16.0 Å². The SMILES string of the molecule is Cc1cc(C)cc(NC(=O)C[NH+]2CC[NH+](CCOc3ccccc3)CC2)c1. The normalized spacial score (nSPS) is 19.5. The van der Waals surface area contributed by atoms with Gasteiger partial charge in [-0.3, -0.25) is 4.79 Å². The second kappa shape index (κ2) is 9.53. The first kappa shape index (κ1) is 19.4. The number of anilines is 1. The molecule has 27 heavy (non-hydrogen) atoms. The molecule has 2 aromatic carbocycles. The van der Waals surface area contributed by atoms with Gasteiger partial charge in [-0.25, -0.2) is 0 Å². The number of piperazine rings is 1. The smallest absolute Gasteiger partial charge is 0.279 e. The molecule has 0 unspecified atom stereocenters. The van der Waals surface area contributed by atoms with Gasteiger partial charge < -0.3 is 19.9 Å². The highest BCUT2D eigenvalue weighted by molar-refractivity contribution is 5.91. The number of amides is 1. The van der Waals surface area contributed by atoms with Crippen LogP contribution in [0.1, 0.15) is 11.1 Å². The van der Waals surface area contributed by atoms with Gasteiger partial charge in [0.25, 0.3) is 5.91 Å². The monoisotopic (exact) mass is 369 g/mol. The Hall–Kier alpha value is -2.37. The Bertz CT molecular complexity index is 720. The van der Waals surface area contributed by atoms with Gasteiger partial charge in [0.1, 0.15) is 45.1 Å². The summed E-state index contributed by atoms with van der Waals surface area (Å²) in [4.78, 5) is 15.3. The Kier molecular flexibility index (Phi) is 6.85. The molecule has 0 aliphatic carbocycles. The van der Waals surface area contributed by atoms with E-state index < -0.39 is 0 Å². The second-order valence-electron chi connectivity index (χ2n) is 7.51. The van der Waals surface area contributed by atoms with E-state index in [1.54, 1.807) is 4.90 Å². The molecule has 1 aliphatic heterocycles. The number of quaternary nitrogens is 2. The van der Waals surface area contributed by atoms with Gasteiger partial charge in [0, 0.05) is 5.69 Å². The van der Waals surface area contributed by atoms with Gasteiger partial charge in [-0.15, -0.1) is 0 Å². The average Bonchev–Trinajstić information content (AvgIpc) is 2.63. The van der Waals surface area contributed by atoms with Crippen LogP contribution in [0.4, 0.5) is 5.69 Å². The molecule has 144 valence electrons. The second-order valence-corrected chi connectivity index (χ2v) is 7.51. The van der Waals surface area contributed by atoms with E-state index in [-0.39, 0.29) is 5.91 Å². The molecule has 1 aliphatic rings. The first-order valence-corrected chi connectivity index (χ1v) is 9.81. The number of benzene rings is 2. The highest BCUT2D eigenvalue weighted by Gasteiger charge is 2.24. The largest absolute Gasteiger partial charge is 0.488 e. The maximum Gasteiger partial charge on any atom is 0.279 e. The number of hydrogen-bond acceptors (Lipinski definition) is 2. The molecule has 1 heterocycles. The topological polar surface area (TPSA) is 47.2 Å². The molecule has 5 heteroatoms. The molecular formula is C22H31N3O2+2. The fourth-order valence-electron chi connectivity index (χ4n) is 3.69. The van der Waals surface area contributed by atoms with Gasteiger partial charge in [-0.05, 0) is 49.2 Å². The van der Waals surface area contributed by atoms with E-state index in [9.17, 15) is 4.79 Å². The molecule has 1 saturated heterocycles. The highest BCUT2D eigenvalue weighted by atomic mass is 16.5. The van der Waals surface area contributed by atoms with Crippen molar-refractivity contribution >= 4 is 11.6 Å². The van der Waals surface area contributed by atoms with Gasteiger partial charge in [-0.1, -0.05) is 24.3 Å². The zero-order chi connectivity index (χ0) is 19.1. The van der Waals surface area contributed by atoms with Crippen LogP contribution in [0.5, 0.6) is 5.75 Å². The molecule has 5 nitrogen and oxygen atoms in total. The summed E-state index contributed by atoms with van der Waals surface area (Å²) in [5.74, 6) is 1.04. The summed E-state index contributed by atoms with van der Waals surface area (Å²) in [6, 6.07) is 16.1. The number of nitrogens with one attached hydrogen (secondary N) is 3. The third-order valence-corrected chi connectivity index (χ3v) is 5.05. The highest BCUT2D eigenvalue weighted by Crippen LogP contribution is 2.13. The summed E-state index contributed by atoms with van der Waals surface area (Å²) in [6.45, 7) is 10.6. The van der Waals surface area contributed by atoms with Crippen molar-refractivity contribution in [2.75, 3.05) is 51.2 Å². The summed E-state index contributed by atoms with van der Waals surface area (Å²) in [5, 5.41) is 3.05. The van der Waals surface area contributed by atoms with E-state index >= 15 is 0 Å². The number of ether oxygens (including phenoxy) is 1. The lowest BCUT2D eigenvalue weighted by molar-refractivity contribution is -1.01. The van der Waals surface area contributed by atoms with Crippen molar-refractivity contribution in [3.63, 3.8) is 0 Å². The van der Waals surface area contributed by atoms with Crippen molar-refractivity contribution < 1.29 is 19.3 Å². The number of rotatable bonds is 7. The van der Waals surface area contributed by atoms with Crippen LogP contribution in [-0.4, -0.2) is 51.8 Å². The molecule has 0 saturated carbocycles. The van der Waals surface area contributed by atoms with Gasteiger partial charge in [-0.2, -0.15) is 0 Å². The van der Waals surface area contributed by atoms with Crippen LogP contribution in [0.15, 0.2) is 48.5 Å². The van der Waals surface area contributed by atoms with Crippen molar-refractivity contribution in [2.24, 2.45) is 0 Å². The third-order valence-electron chi connectivity index (χ3n) is 5.05. The maximum atomic E-state index is 12.4. The first-order chi connectivity index (χ1) is 13.1. The van der Waals surface area contributed by atoms with E-state index in [0.717, 1.165) is 50.8 Å². The minimum absolute atomic E-state index is 0.103. The average molecular weight is 370 g/mol. The molecule has 1 fully saturated rings. The zero-order valence-electron chi connectivity index (χ0n) is 16.4. The fourth-order valence-corrected chi connectivity index (χ4v) is 3.69. The molecule has 0 atom stereocenters.